The fourth-order valence-corrected chi connectivity index (χ4v) is 6.59. The van der Waals surface area contributed by atoms with Gasteiger partial charge < -0.3 is 0 Å². The number of rotatable bonds is 3. The zero-order valence-electron chi connectivity index (χ0n) is 21.6. The van der Waals surface area contributed by atoms with Crippen LogP contribution in [0.15, 0.2) is 146 Å². The lowest BCUT2D eigenvalue weighted by Crippen LogP contribution is -1.98. The van der Waals surface area contributed by atoms with Crippen molar-refractivity contribution in [2.45, 2.75) is 6.42 Å². The molecule has 0 unspecified atom stereocenters. The van der Waals surface area contributed by atoms with E-state index in [2.05, 4.69) is 146 Å². The van der Waals surface area contributed by atoms with Crippen LogP contribution in [0.1, 0.15) is 11.1 Å². The molecule has 0 nitrogen and oxygen atoms in total. The van der Waals surface area contributed by atoms with Crippen molar-refractivity contribution in [2.75, 3.05) is 0 Å². The first-order valence-electron chi connectivity index (χ1n) is 13.7. The number of hydrogen-bond acceptors (Lipinski definition) is 0. The molecule has 0 saturated carbocycles. The zero-order valence-corrected chi connectivity index (χ0v) is 21.6. The van der Waals surface area contributed by atoms with Crippen molar-refractivity contribution in [2.24, 2.45) is 0 Å². The van der Waals surface area contributed by atoms with E-state index in [0.717, 1.165) is 6.42 Å². The van der Waals surface area contributed by atoms with Gasteiger partial charge in [-0.1, -0.05) is 140 Å². The van der Waals surface area contributed by atoms with Crippen molar-refractivity contribution in [3.63, 3.8) is 0 Å². The van der Waals surface area contributed by atoms with Gasteiger partial charge in [0.1, 0.15) is 0 Å². The second kappa shape index (κ2) is 8.82. The summed E-state index contributed by atoms with van der Waals surface area (Å²) in [5.74, 6) is 0. The van der Waals surface area contributed by atoms with Crippen LogP contribution in [-0.2, 0) is 6.42 Å². The molecule has 0 aliphatic heterocycles. The highest BCUT2D eigenvalue weighted by molar-refractivity contribution is 6.11. The van der Waals surface area contributed by atoms with Crippen molar-refractivity contribution < 1.29 is 0 Å². The molecule has 7 aromatic rings. The number of hydrogen-bond donors (Lipinski definition) is 0. The van der Waals surface area contributed by atoms with Crippen LogP contribution < -0.4 is 0 Å². The summed E-state index contributed by atoms with van der Waals surface area (Å²) in [4.78, 5) is 0. The van der Waals surface area contributed by atoms with Gasteiger partial charge in [-0.25, -0.2) is 0 Å². The Bertz CT molecular complexity index is 2020. The lowest BCUT2D eigenvalue weighted by Gasteiger charge is -2.23. The molecular formula is C39H26. The molecule has 182 valence electrons. The average molecular weight is 495 g/mol. The molecule has 0 heteroatoms. The maximum Gasteiger partial charge on any atom is -0.000705 e. The van der Waals surface area contributed by atoms with Gasteiger partial charge in [0, 0.05) is 0 Å². The average Bonchev–Trinajstić information content (AvgIpc) is 3.38. The summed E-state index contributed by atoms with van der Waals surface area (Å²) < 4.78 is 0. The molecule has 0 spiro atoms. The van der Waals surface area contributed by atoms with E-state index in [0.29, 0.717) is 0 Å². The molecular weight excluding hydrogens is 468 g/mol. The second-order valence-electron chi connectivity index (χ2n) is 10.5. The topological polar surface area (TPSA) is 0 Å². The van der Waals surface area contributed by atoms with Gasteiger partial charge in [-0.15, -0.1) is 0 Å². The van der Waals surface area contributed by atoms with Crippen molar-refractivity contribution in [3.8, 4) is 44.5 Å². The van der Waals surface area contributed by atoms with Gasteiger partial charge in [0.05, 0.1) is 0 Å². The largest absolute Gasteiger partial charge is 0.0622 e. The number of benzene rings is 7. The van der Waals surface area contributed by atoms with E-state index in [9.17, 15) is 0 Å². The summed E-state index contributed by atoms with van der Waals surface area (Å²) in [6.45, 7) is 0. The standard InChI is InChI=1S/C39H26/c1-2-14-28(15-3-1)38-36-24-29-16-6-9-21-32(29)35(36)25-37(33-22-10-17-26-12-4-7-19-30(26)33)39(38)34-23-11-18-27-13-5-8-20-31(27)34/h1-23,25H,24H2. The fourth-order valence-electron chi connectivity index (χ4n) is 6.59. The molecule has 0 fully saturated rings. The van der Waals surface area contributed by atoms with E-state index in [1.165, 1.54) is 77.2 Å². The Labute approximate surface area is 228 Å². The molecule has 1 aliphatic rings. The summed E-state index contributed by atoms with van der Waals surface area (Å²) >= 11 is 0. The van der Waals surface area contributed by atoms with Gasteiger partial charge in [0.2, 0.25) is 0 Å². The van der Waals surface area contributed by atoms with Gasteiger partial charge in [0.25, 0.3) is 0 Å². The predicted octanol–water partition coefficient (Wildman–Crippen LogP) is 10.6. The van der Waals surface area contributed by atoms with Gasteiger partial charge >= 0.3 is 0 Å². The molecule has 0 aromatic heterocycles. The molecule has 0 bridgehead atoms. The van der Waals surface area contributed by atoms with E-state index >= 15 is 0 Å². The molecule has 0 radical (unpaired) electrons. The van der Waals surface area contributed by atoms with Crippen molar-refractivity contribution in [3.05, 3.63) is 157 Å². The van der Waals surface area contributed by atoms with Gasteiger partial charge in [-0.05, 0) is 89.7 Å². The van der Waals surface area contributed by atoms with Crippen LogP contribution in [0.3, 0.4) is 0 Å². The van der Waals surface area contributed by atoms with E-state index in [1.807, 2.05) is 0 Å². The monoisotopic (exact) mass is 494 g/mol. The summed E-state index contributed by atoms with van der Waals surface area (Å²) in [6.07, 6.45) is 0.948. The fraction of sp³-hybridized carbons (Fsp3) is 0.0256. The highest BCUT2D eigenvalue weighted by Gasteiger charge is 2.28. The Hall–Kier alpha value is -4.94. The first kappa shape index (κ1) is 22.1. The molecule has 0 amide bonds. The Morgan fingerprint density at radius 2 is 0.923 bits per heavy atom. The van der Waals surface area contributed by atoms with Crippen LogP contribution in [0.5, 0.6) is 0 Å². The van der Waals surface area contributed by atoms with E-state index in [-0.39, 0.29) is 0 Å². The molecule has 8 rings (SSSR count). The zero-order chi connectivity index (χ0) is 25.8. The lowest BCUT2D eigenvalue weighted by molar-refractivity contribution is 1.26. The minimum absolute atomic E-state index is 0.948. The van der Waals surface area contributed by atoms with E-state index in [4.69, 9.17) is 0 Å². The first-order chi connectivity index (χ1) is 19.4. The maximum atomic E-state index is 2.48. The summed E-state index contributed by atoms with van der Waals surface area (Å²) in [5, 5.41) is 5.10. The highest BCUT2D eigenvalue weighted by atomic mass is 14.3. The third-order valence-corrected chi connectivity index (χ3v) is 8.31. The molecule has 0 saturated heterocycles. The van der Waals surface area contributed by atoms with Crippen LogP contribution in [0, 0.1) is 0 Å². The van der Waals surface area contributed by atoms with Gasteiger partial charge in [-0.3, -0.25) is 0 Å². The minimum atomic E-state index is 0.948. The summed E-state index contributed by atoms with van der Waals surface area (Å²) in [5.41, 5.74) is 13.3. The second-order valence-corrected chi connectivity index (χ2v) is 10.5. The van der Waals surface area contributed by atoms with Crippen LogP contribution in [0.2, 0.25) is 0 Å². The Kier molecular flexibility index (Phi) is 5.00. The lowest BCUT2D eigenvalue weighted by atomic mass is 9.80. The third-order valence-electron chi connectivity index (χ3n) is 8.31. The summed E-state index contributed by atoms with van der Waals surface area (Å²) in [6, 6.07) is 53.4. The normalized spacial score (nSPS) is 12.0. The molecule has 0 heterocycles. The summed E-state index contributed by atoms with van der Waals surface area (Å²) in [7, 11) is 0. The molecule has 0 atom stereocenters. The molecule has 0 N–H and O–H groups in total. The quantitative estimate of drug-likeness (QED) is 0.229. The van der Waals surface area contributed by atoms with Crippen molar-refractivity contribution in [1.82, 2.24) is 0 Å². The van der Waals surface area contributed by atoms with Gasteiger partial charge in [0.15, 0.2) is 0 Å². The molecule has 7 aromatic carbocycles. The van der Waals surface area contributed by atoms with Crippen LogP contribution >= 0.6 is 0 Å². The first-order valence-corrected chi connectivity index (χ1v) is 13.7. The SMILES string of the molecule is c1ccc(-c2c3c(cc(-c4cccc5ccccc45)c2-c2cccc4ccccc24)-c2ccccc2C3)cc1. The maximum absolute atomic E-state index is 2.48. The molecule has 39 heavy (non-hydrogen) atoms. The predicted molar refractivity (Wildman–Crippen MR) is 166 cm³/mol. The van der Waals surface area contributed by atoms with Gasteiger partial charge in [-0.2, -0.15) is 0 Å². The van der Waals surface area contributed by atoms with Crippen LogP contribution in [0.25, 0.3) is 66.1 Å². The third kappa shape index (κ3) is 3.46. The van der Waals surface area contributed by atoms with Crippen molar-refractivity contribution >= 4 is 21.5 Å². The Balaban J connectivity index is 1.59. The molecule has 1 aliphatic carbocycles. The Morgan fingerprint density at radius 1 is 0.359 bits per heavy atom. The minimum Gasteiger partial charge on any atom is -0.0622 e. The number of fused-ring (bicyclic) bond motifs is 5. The van der Waals surface area contributed by atoms with Crippen LogP contribution in [-0.4, -0.2) is 0 Å². The van der Waals surface area contributed by atoms with Crippen LogP contribution in [0.4, 0.5) is 0 Å². The highest BCUT2D eigenvalue weighted by Crippen LogP contribution is 2.52. The van der Waals surface area contributed by atoms with E-state index < -0.39 is 0 Å². The Morgan fingerprint density at radius 3 is 1.69 bits per heavy atom. The van der Waals surface area contributed by atoms with Crippen molar-refractivity contribution in [1.29, 1.82) is 0 Å². The van der Waals surface area contributed by atoms with E-state index in [1.54, 1.807) is 0 Å². The smallest absolute Gasteiger partial charge is 0.000705 e.